The number of ether oxygens (including phenoxy) is 2. The average molecular weight is 285 g/mol. The molecule has 2 atom stereocenters. The van der Waals surface area contributed by atoms with Gasteiger partial charge < -0.3 is 14.8 Å². The molecule has 2 aromatic carbocycles. The van der Waals surface area contributed by atoms with Crippen LogP contribution in [0.25, 0.3) is 0 Å². The number of hydrogen-bond acceptors (Lipinski definition) is 3. The van der Waals surface area contributed by atoms with E-state index in [4.69, 9.17) is 9.47 Å². The third-order valence-corrected chi connectivity index (χ3v) is 3.41. The van der Waals surface area contributed by atoms with E-state index >= 15 is 0 Å². The predicted octanol–water partition coefficient (Wildman–Crippen LogP) is 3.81. The van der Waals surface area contributed by atoms with Crippen LogP contribution in [-0.2, 0) is 0 Å². The van der Waals surface area contributed by atoms with Crippen molar-refractivity contribution in [2.45, 2.75) is 26.0 Å². The highest BCUT2D eigenvalue weighted by molar-refractivity contribution is 5.39. The van der Waals surface area contributed by atoms with Gasteiger partial charge in [0, 0.05) is 12.6 Å². The van der Waals surface area contributed by atoms with Crippen LogP contribution in [0.1, 0.15) is 25.5 Å². The Balaban J connectivity index is 1.86. The summed E-state index contributed by atoms with van der Waals surface area (Å²) in [4.78, 5) is 0. The Labute approximate surface area is 126 Å². The van der Waals surface area contributed by atoms with Gasteiger partial charge in [-0.05, 0) is 31.5 Å². The summed E-state index contributed by atoms with van der Waals surface area (Å²) in [5, 5.41) is 3.49. The van der Waals surface area contributed by atoms with Gasteiger partial charge in [0.2, 0.25) is 0 Å². The van der Waals surface area contributed by atoms with E-state index in [1.807, 2.05) is 30.3 Å². The van der Waals surface area contributed by atoms with Crippen molar-refractivity contribution in [2.24, 2.45) is 0 Å². The molecular weight excluding hydrogens is 262 g/mol. The fraction of sp³-hybridized carbons (Fsp3) is 0.333. The number of nitrogens with one attached hydrogen (secondary N) is 1. The fourth-order valence-corrected chi connectivity index (χ4v) is 2.18. The first-order valence-electron chi connectivity index (χ1n) is 7.28. The lowest BCUT2D eigenvalue weighted by Crippen LogP contribution is -2.31. The molecule has 0 saturated carbocycles. The van der Waals surface area contributed by atoms with Crippen molar-refractivity contribution in [3.05, 3.63) is 60.2 Å². The topological polar surface area (TPSA) is 30.5 Å². The molecule has 1 N–H and O–H groups in total. The standard InChI is InChI=1S/C18H23NO2/c1-14(21-18-12-8-7-11-17(18)20-3)13-19-15(2)16-9-5-4-6-10-16/h4-12,14-15,19H,13H2,1-3H3. The Morgan fingerprint density at radius 1 is 0.905 bits per heavy atom. The molecule has 3 nitrogen and oxygen atoms in total. The van der Waals surface area contributed by atoms with E-state index in [9.17, 15) is 0 Å². The van der Waals surface area contributed by atoms with Crippen molar-refractivity contribution in [1.82, 2.24) is 5.32 Å². The van der Waals surface area contributed by atoms with E-state index < -0.39 is 0 Å². The molecule has 0 bridgehead atoms. The largest absolute Gasteiger partial charge is 0.493 e. The second-order valence-electron chi connectivity index (χ2n) is 5.12. The molecule has 0 aromatic heterocycles. The van der Waals surface area contributed by atoms with Crippen molar-refractivity contribution in [2.75, 3.05) is 13.7 Å². The molecule has 0 aliphatic heterocycles. The van der Waals surface area contributed by atoms with Gasteiger partial charge >= 0.3 is 0 Å². The first-order chi connectivity index (χ1) is 10.2. The van der Waals surface area contributed by atoms with Crippen LogP contribution in [0.5, 0.6) is 11.5 Å². The monoisotopic (exact) mass is 285 g/mol. The lowest BCUT2D eigenvalue weighted by molar-refractivity contribution is 0.203. The quantitative estimate of drug-likeness (QED) is 0.839. The molecule has 0 saturated heterocycles. The molecule has 0 radical (unpaired) electrons. The smallest absolute Gasteiger partial charge is 0.161 e. The van der Waals surface area contributed by atoms with E-state index in [-0.39, 0.29) is 6.10 Å². The number of methoxy groups -OCH3 is 1. The SMILES string of the molecule is COc1ccccc1OC(C)CNC(C)c1ccccc1. The molecule has 0 amide bonds. The molecular formula is C18H23NO2. The van der Waals surface area contributed by atoms with Crippen LogP contribution >= 0.6 is 0 Å². The van der Waals surface area contributed by atoms with E-state index in [1.54, 1.807) is 7.11 Å². The van der Waals surface area contributed by atoms with Crippen LogP contribution in [-0.4, -0.2) is 19.8 Å². The molecule has 2 unspecified atom stereocenters. The zero-order chi connectivity index (χ0) is 15.1. The molecule has 0 aliphatic rings. The van der Waals surface area contributed by atoms with E-state index in [1.165, 1.54) is 5.56 Å². The fourth-order valence-electron chi connectivity index (χ4n) is 2.18. The van der Waals surface area contributed by atoms with Gasteiger partial charge in [0.1, 0.15) is 6.10 Å². The van der Waals surface area contributed by atoms with Gasteiger partial charge in [-0.25, -0.2) is 0 Å². The van der Waals surface area contributed by atoms with Crippen LogP contribution in [0.4, 0.5) is 0 Å². The van der Waals surface area contributed by atoms with Gasteiger partial charge in [-0.2, -0.15) is 0 Å². The van der Waals surface area contributed by atoms with Crippen LogP contribution in [0.15, 0.2) is 54.6 Å². The van der Waals surface area contributed by atoms with E-state index in [0.29, 0.717) is 6.04 Å². The Morgan fingerprint density at radius 3 is 2.19 bits per heavy atom. The summed E-state index contributed by atoms with van der Waals surface area (Å²) in [6, 6.07) is 18.4. The lowest BCUT2D eigenvalue weighted by Gasteiger charge is -2.20. The van der Waals surface area contributed by atoms with Gasteiger partial charge in [-0.1, -0.05) is 42.5 Å². The van der Waals surface area contributed by atoms with Crippen molar-refractivity contribution in [1.29, 1.82) is 0 Å². The molecule has 3 heteroatoms. The van der Waals surface area contributed by atoms with Crippen LogP contribution < -0.4 is 14.8 Å². The molecule has 0 fully saturated rings. The maximum absolute atomic E-state index is 5.94. The number of hydrogen-bond donors (Lipinski definition) is 1. The number of para-hydroxylation sites is 2. The Kier molecular flexibility index (Phi) is 5.64. The van der Waals surface area contributed by atoms with Gasteiger partial charge in [0.05, 0.1) is 7.11 Å². The van der Waals surface area contributed by atoms with E-state index in [2.05, 4.69) is 43.4 Å². The minimum Gasteiger partial charge on any atom is -0.493 e. The highest BCUT2D eigenvalue weighted by Gasteiger charge is 2.10. The Bertz CT molecular complexity index is 542. The summed E-state index contributed by atoms with van der Waals surface area (Å²) < 4.78 is 11.2. The molecule has 0 heterocycles. The van der Waals surface area contributed by atoms with Crippen molar-refractivity contribution < 1.29 is 9.47 Å². The van der Waals surface area contributed by atoms with Gasteiger partial charge in [0.25, 0.3) is 0 Å². The summed E-state index contributed by atoms with van der Waals surface area (Å²) in [6.07, 6.45) is 0.0625. The molecule has 0 aliphatic carbocycles. The second kappa shape index (κ2) is 7.70. The van der Waals surface area contributed by atoms with Crippen LogP contribution in [0.3, 0.4) is 0 Å². The molecule has 21 heavy (non-hydrogen) atoms. The lowest BCUT2D eigenvalue weighted by atomic mass is 10.1. The predicted molar refractivity (Wildman–Crippen MR) is 85.9 cm³/mol. The molecule has 2 aromatic rings. The summed E-state index contributed by atoms with van der Waals surface area (Å²) in [6.45, 7) is 4.98. The number of rotatable bonds is 7. The summed E-state index contributed by atoms with van der Waals surface area (Å²) >= 11 is 0. The summed E-state index contributed by atoms with van der Waals surface area (Å²) in [5.74, 6) is 1.54. The van der Waals surface area contributed by atoms with Crippen LogP contribution in [0.2, 0.25) is 0 Å². The zero-order valence-electron chi connectivity index (χ0n) is 12.9. The third-order valence-electron chi connectivity index (χ3n) is 3.41. The van der Waals surface area contributed by atoms with E-state index in [0.717, 1.165) is 18.0 Å². The highest BCUT2D eigenvalue weighted by atomic mass is 16.5. The van der Waals surface area contributed by atoms with Gasteiger partial charge in [0.15, 0.2) is 11.5 Å². The summed E-state index contributed by atoms with van der Waals surface area (Å²) in [5.41, 5.74) is 1.28. The van der Waals surface area contributed by atoms with Crippen LogP contribution in [0, 0.1) is 0 Å². The van der Waals surface area contributed by atoms with Crippen molar-refractivity contribution in [3.8, 4) is 11.5 Å². The van der Waals surface area contributed by atoms with Crippen molar-refractivity contribution in [3.63, 3.8) is 0 Å². The average Bonchev–Trinajstić information content (AvgIpc) is 2.54. The summed E-state index contributed by atoms with van der Waals surface area (Å²) in [7, 11) is 1.66. The maximum atomic E-state index is 5.94. The van der Waals surface area contributed by atoms with Gasteiger partial charge in [-0.3, -0.25) is 0 Å². The second-order valence-corrected chi connectivity index (χ2v) is 5.12. The molecule has 0 spiro atoms. The maximum Gasteiger partial charge on any atom is 0.161 e. The molecule has 2 rings (SSSR count). The zero-order valence-corrected chi connectivity index (χ0v) is 12.9. The Hall–Kier alpha value is -2.00. The normalized spacial score (nSPS) is 13.5. The Morgan fingerprint density at radius 2 is 1.52 bits per heavy atom. The first-order valence-corrected chi connectivity index (χ1v) is 7.28. The third kappa shape index (κ3) is 4.50. The minimum absolute atomic E-state index is 0.0625. The molecule has 112 valence electrons. The van der Waals surface area contributed by atoms with Gasteiger partial charge in [-0.15, -0.1) is 0 Å². The van der Waals surface area contributed by atoms with Crippen molar-refractivity contribution >= 4 is 0 Å². The highest BCUT2D eigenvalue weighted by Crippen LogP contribution is 2.26. The first kappa shape index (κ1) is 15.4. The minimum atomic E-state index is 0.0625. The number of benzene rings is 2.